The molecule has 0 aliphatic carbocycles. The first-order valence-corrected chi connectivity index (χ1v) is 12.9. The second kappa shape index (κ2) is 12.2. The van der Waals surface area contributed by atoms with Gasteiger partial charge in [0.2, 0.25) is 11.9 Å². The molecule has 0 bridgehead atoms. The van der Waals surface area contributed by atoms with Crippen molar-refractivity contribution in [2.75, 3.05) is 57.7 Å². The number of halogens is 2. The quantitative estimate of drug-likeness (QED) is 0.441. The maximum absolute atomic E-state index is 12.0. The molecule has 0 saturated carbocycles. The van der Waals surface area contributed by atoms with E-state index in [0.29, 0.717) is 59.6 Å². The first-order valence-electron chi connectivity index (χ1n) is 12.2. The second-order valence-electron chi connectivity index (χ2n) is 8.80. The fourth-order valence-electron chi connectivity index (χ4n) is 4.65. The van der Waals surface area contributed by atoms with E-state index in [-0.39, 0.29) is 28.7 Å². The molecule has 1 amide bonds. The number of aromatic nitrogens is 2. The third-order valence-electron chi connectivity index (χ3n) is 6.59. The lowest BCUT2D eigenvalue weighted by Crippen LogP contribution is -2.45. The van der Waals surface area contributed by atoms with Crippen LogP contribution in [-0.4, -0.2) is 85.7 Å². The van der Waals surface area contributed by atoms with E-state index >= 15 is 0 Å². The van der Waals surface area contributed by atoms with Crippen LogP contribution in [0.3, 0.4) is 0 Å². The number of benzene rings is 1. The molecule has 12 heteroatoms. The SMILES string of the molecule is C=CC(=O)N1CCCC(OCCN2c3nc(NC)ncc3C=C(c3c(Cl)c(OC)cc(OC)c3Cl)C2O)C1. The van der Waals surface area contributed by atoms with Crippen LogP contribution in [0.15, 0.2) is 24.9 Å². The van der Waals surface area contributed by atoms with Crippen molar-refractivity contribution in [2.45, 2.75) is 25.2 Å². The number of hydrogen-bond donors (Lipinski definition) is 2. The number of fused-ring (bicyclic) bond motifs is 1. The molecule has 38 heavy (non-hydrogen) atoms. The van der Waals surface area contributed by atoms with Gasteiger partial charge in [-0.1, -0.05) is 29.8 Å². The van der Waals surface area contributed by atoms with Crippen LogP contribution in [0.4, 0.5) is 11.8 Å². The molecule has 2 N–H and O–H groups in total. The zero-order chi connectivity index (χ0) is 27.4. The molecule has 3 heterocycles. The van der Waals surface area contributed by atoms with Crippen LogP contribution in [0.25, 0.3) is 11.6 Å². The first-order chi connectivity index (χ1) is 18.3. The Morgan fingerprint density at radius 1 is 1.29 bits per heavy atom. The largest absolute Gasteiger partial charge is 0.495 e. The molecule has 2 aromatic rings. The standard InChI is InChI=1S/C26H31Cl2N5O5/c1-5-20(34)32-8-6-7-16(14-32)38-10-9-33-24-15(13-30-26(29-2)31-24)11-17(25(33)35)21-22(27)18(36-3)12-19(37-4)23(21)28/h5,11-13,16,25,35H,1,6-10,14H2,2-4H3,(H,29,30,31). The molecule has 0 radical (unpaired) electrons. The van der Waals surface area contributed by atoms with Crippen LogP contribution >= 0.6 is 23.2 Å². The molecule has 2 atom stereocenters. The summed E-state index contributed by atoms with van der Waals surface area (Å²) in [5.41, 5.74) is 1.49. The summed E-state index contributed by atoms with van der Waals surface area (Å²) in [6.45, 7) is 5.34. The van der Waals surface area contributed by atoms with E-state index in [2.05, 4.69) is 21.9 Å². The van der Waals surface area contributed by atoms with Crippen molar-refractivity contribution in [1.29, 1.82) is 0 Å². The Labute approximate surface area is 231 Å². The van der Waals surface area contributed by atoms with Gasteiger partial charge in [0.25, 0.3) is 0 Å². The summed E-state index contributed by atoms with van der Waals surface area (Å²) in [5, 5.41) is 15.0. The molecule has 10 nitrogen and oxygen atoms in total. The fourth-order valence-corrected chi connectivity index (χ4v) is 5.37. The summed E-state index contributed by atoms with van der Waals surface area (Å²) in [5.74, 6) is 1.54. The number of aliphatic hydroxyl groups excluding tert-OH is 1. The zero-order valence-corrected chi connectivity index (χ0v) is 23.1. The van der Waals surface area contributed by atoms with Crippen molar-refractivity contribution < 1.29 is 24.1 Å². The highest BCUT2D eigenvalue weighted by molar-refractivity contribution is 6.40. The number of rotatable bonds is 9. The molecule has 2 unspecified atom stereocenters. The highest BCUT2D eigenvalue weighted by Crippen LogP contribution is 2.47. The van der Waals surface area contributed by atoms with Gasteiger partial charge in [0.05, 0.1) is 37.0 Å². The van der Waals surface area contributed by atoms with E-state index in [4.69, 9.17) is 37.4 Å². The third kappa shape index (κ3) is 5.54. The van der Waals surface area contributed by atoms with Crippen molar-refractivity contribution >= 4 is 52.5 Å². The van der Waals surface area contributed by atoms with E-state index in [9.17, 15) is 9.90 Å². The Morgan fingerprint density at radius 2 is 2.00 bits per heavy atom. The summed E-state index contributed by atoms with van der Waals surface area (Å²) < 4.78 is 17.0. The number of likely N-dealkylation sites (tertiary alicyclic amines) is 1. The molecular weight excluding hydrogens is 533 g/mol. The Kier molecular flexibility index (Phi) is 8.99. The Bertz CT molecular complexity index is 1210. The van der Waals surface area contributed by atoms with Gasteiger partial charge in [-0.2, -0.15) is 4.98 Å². The molecule has 2 aliphatic heterocycles. The molecule has 1 fully saturated rings. The number of carbonyl (C=O) groups is 1. The summed E-state index contributed by atoms with van der Waals surface area (Å²) in [7, 11) is 4.70. The average Bonchev–Trinajstić information content (AvgIpc) is 2.94. The normalized spacial score (nSPS) is 18.9. The van der Waals surface area contributed by atoms with Gasteiger partial charge in [0.15, 0.2) is 6.23 Å². The molecule has 2 aliphatic rings. The van der Waals surface area contributed by atoms with Gasteiger partial charge in [0, 0.05) is 55.6 Å². The minimum atomic E-state index is -1.16. The number of nitrogens with one attached hydrogen (secondary N) is 1. The van der Waals surface area contributed by atoms with E-state index in [1.54, 1.807) is 35.2 Å². The number of piperidine rings is 1. The topological polar surface area (TPSA) is 109 Å². The number of nitrogens with zero attached hydrogens (tertiary/aromatic N) is 4. The lowest BCUT2D eigenvalue weighted by molar-refractivity contribution is -0.130. The van der Waals surface area contributed by atoms with Crippen molar-refractivity contribution in [1.82, 2.24) is 14.9 Å². The number of ether oxygens (including phenoxy) is 3. The van der Waals surface area contributed by atoms with Crippen molar-refractivity contribution in [3.8, 4) is 11.5 Å². The lowest BCUT2D eigenvalue weighted by atomic mass is 9.97. The molecule has 1 saturated heterocycles. The number of aliphatic hydroxyl groups is 1. The Hall–Kier alpha value is -3.05. The maximum Gasteiger partial charge on any atom is 0.246 e. The highest BCUT2D eigenvalue weighted by atomic mass is 35.5. The first kappa shape index (κ1) is 28.0. The molecule has 1 aromatic carbocycles. The van der Waals surface area contributed by atoms with Crippen molar-refractivity contribution in [3.63, 3.8) is 0 Å². The minimum Gasteiger partial charge on any atom is -0.495 e. The predicted molar refractivity (Wildman–Crippen MR) is 148 cm³/mol. The third-order valence-corrected chi connectivity index (χ3v) is 7.34. The summed E-state index contributed by atoms with van der Waals surface area (Å²) in [6, 6.07) is 1.59. The van der Waals surface area contributed by atoms with Gasteiger partial charge < -0.3 is 34.4 Å². The fraction of sp³-hybridized carbons (Fsp3) is 0.423. The highest BCUT2D eigenvalue weighted by Gasteiger charge is 2.33. The van der Waals surface area contributed by atoms with Gasteiger partial charge in [0.1, 0.15) is 17.3 Å². The van der Waals surface area contributed by atoms with Crippen LogP contribution in [0, 0.1) is 0 Å². The number of amides is 1. The number of hydrogen-bond acceptors (Lipinski definition) is 9. The molecule has 0 spiro atoms. The molecule has 1 aromatic heterocycles. The molecule has 204 valence electrons. The van der Waals surface area contributed by atoms with Gasteiger partial charge in [-0.15, -0.1) is 0 Å². The van der Waals surface area contributed by atoms with E-state index in [0.717, 1.165) is 12.8 Å². The van der Waals surface area contributed by atoms with Crippen molar-refractivity contribution in [3.05, 3.63) is 46.1 Å². The predicted octanol–water partition coefficient (Wildman–Crippen LogP) is 3.71. The number of anilines is 2. The number of methoxy groups -OCH3 is 2. The smallest absolute Gasteiger partial charge is 0.246 e. The van der Waals surface area contributed by atoms with Gasteiger partial charge in [-0.3, -0.25) is 4.79 Å². The van der Waals surface area contributed by atoms with Crippen molar-refractivity contribution in [2.24, 2.45) is 0 Å². The van der Waals surface area contributed by atoms with Gasteiger partial charge in [-0.05, 0) is 25.0 Å². The Balaban J connectivity index is 1.64. The summed E-state index contributed by atoms with van der Waals surface area (Å²) in [6.07, 6.45) is 5.14. The second-order valence-corrected chi connectivity index (χ2v) is 9.55. The van der Waals surface area contributed by atoms with Gasteiger partial charge in [-0.25, -0.2) is 4.98 Å². The summed E-state index contributed by atoms with van der Waals surface area (Å²) >= 11 is 13.4. The lowest BCUT2D eigenvalue weighted by Gasteiger charge is -2.37. The Morgan fingerprint density at radius 3 is 2.63 bits per heavy atom. The summed E-state index contributed by atoms with van der Waals surface area (Å²) in [4.78, 5) is 24.4. The van der Waals surface area contributed by atoms with Crippen LogP contribution < -0.4 is 19.7 Å². The molecule has 4 rings (SSSR count). The van der Waals surface area contributed by atoms with Gasteiger partial charge >= 0.3 is 0 Å². The van der Waals surface area contributed by atoms with Crippen LogP contribution in [0.5, 0.6) is 11.5 Å². The minimum absolute atomic E-state index is 0.104. The van der Waals surface area contributed by atoms with E-state index in [1.165, 1.54) is 20.3 Å². The van der Waals surface area contributed by atoms with E-state index in [1.807, 2.05) is 0 Å². The van der Waals surface area contributed by atoms with Crippen LogP contribution in [0.2, 0.25) is 10.0 Å². The number of carbonyl (C=O) groups excluding carboxylic acids is 1. The van der Waals surface area contributed by atoms with Crippen LogP contribution in [0.1, 0.15) is 24.0 Å². The zero-order valence-electron chi connectivity index (χ0n) is 21.5. The maximum atomic E-state index is 12.0. The monoisotopic (exact) mass is 563 g/mol. The molecular formula is C26H31Cl2N5O5. The van der Waals surface area contributed by atoms with E-state index < -0.39 is 6.23 Å². The van der Waals surface area contributed by atoms with Crippen LogP contribution in [-0.2, 0) is 9.53 Å². The average molecular weight is 564 g/mol.